The van der Waals surface area contributed by atoms with Crippen LogP contribution in [-0.2, 0) is 6.54 Å². The van der Waals surface area contributed by atoms with Crippen molar-refractivity contribution >= 4 is 5.91 Å². The summed E-state index contributed by atoms with van der Waals surface area (Å²) >= 11 is 0. The first-order valence-corrected chi connectivity index (χ1v) is 6.66. The molecule has 1 N–H and O–H groups in total. The standard InChI is InChI=1S/C12H17N7O/c20-12(11-1-2-14-16-11)18-6-3-17(4-7-18)5-8-19-10-13-9-15-19/h1-2,9-10H,3-8H2,(H,14,16). The van der Waals surface area contributed by atoms with E-state index in [1.165, 1.54) is 0 Å². The van der Waals surface area contributed by atoms with Gasteiger partial charge in [0.15, 0.2) is 0 Å². The van der Waals surface area contributed by atoms with Gasteiger partial charge in [-0.2, -0.15) is 10.2 Å². The minimum Gasteiger partial charge on any atom is -0.335 e. The van der Waals surface area contributed by atoms with Gasteiger partial charge in [0.05, 0.1) is 6.54 Å². The number of aromatic nitrogens is 5. The number of carbonyl (C=O) groups excluding carboxylic acids is 1. The van der Waals surface area contributed by atoms with E-state index in [0.717, 1.165) is 39.3 Å². The highest BCUT2D eigenvalue weighted by molar-refractivity contribution is 5.92. The average Bonchev–Trinajstić information content (AvgIpc) is 3.18. The van der Waals surface area contributed by atoms with Crippen molar-refractivity contribution < 1.29 is 4.79 Å². The predicted octanol–water partition coefficient (Wildman–Crippen LogP) is -0.541. The maximum Gasteiger partial charge on any atom is 0.271 e. The highest BCUT2D eigenvalue weighted by atomic mass is 16.2. The van der Waals surface area contributed by atoms with Crippen LogP contribution >= 0.6 is 0 Å². The van der Waals surface area contributed by atoms with E-state index in [0.29, 0.717) is 5.69 Å². The van der Waals surface area contributed by atoms with Crippen molar-refractivity contribution in [2.45, 2.75) is 6.54 Å². The van der Waals surface area contributed by atoms with Crippen LogP contribution in [0.2, 0.25) is 0 Å². The normalized spacial score (nSPS) is 16.5. The number of nitrogens with zero attached hydrogens (tertiary/aromatic N) is 6. The van der Waals surface area contributed by atoms with Crippen molar-refractivity contribution in [3.63, 3.8) is 0 Å². The molecule has 3 heterocycles. The molecule has 0 saturated carbocycles. The molecule has 0 aliphatic carbocycles. The molecule has 1 fully saturated rings. The first-order chi connectivity index (χ1) is 9.83. The van der Waals surface area contributed by atoms with Gasteiger partial charge in [-0.25, -0.2) is 4.98 Å². The zero-order valence-electron chi connectivity index (χ0n) is 11.1. The highest BCUT2D eigenvalue weighted by Crippen LogP contribution is 2.06. The van der Waals surface area contributed by atoms with E-state index in [4.69, 9.17) is 0 Å². The van der Waals surface area contributed by atoms with Gasteiger partial charge in [-0.15, -0.1) is 0 Å². The van der Waals surface area contributed by atoms with Crippen LogP contribution in [0, 0.1) is 0 Å². The van der Waals surface area contributed by atoms with Crippen molar-refractivity contribution in [1.82, 2.24) is 34.8 Å². The lowest BCUT2D eigenvalue weighted by atomic mass is 10.2. The van der Waals surface area contributed by atoms with Crippen LogP contribution in [0.4, 0.5) is 0 Å². The van der Waals surface area contributed by atoms with Crippen LogP contribution in [0.25, 0.3) is 0 Å². The Bertz CT molecular complexity index is 528. The Morgan fingerprint density at radius 3 is 2.75 bits per heavy atom. The quantitative estimate of drug-likeness (QED) is 0.810. The second-order valence-corrected chi connectivity index (χ2v) is 4.76. The largest absolute Gasteiger partial charge is 0.335 e. The molecule has 0 radical (unpaired) electrons. The molecule has 0 bridgehead atoms. The van der Waals surface area contributed by atoms with Gasteiger partial charge in [-0.3, -0.25) is 19.5 Å². The minimum atomic E-state index is 0.0263. The van der Waals surface area contributed by atoms with E-state index in [-0.39, 0.29) is 5.91 Å². The lowest BCUT2D eigenvalue weighted by Crippen LogP contribution is -2.49. The number of rotatable bonds is 4. The molecule has 0 aromatic carbocycles. The smallest absolute Gasteiger partial charge is 0.271 e. The van der Waals surface area contributed by atoms with Crippen LogP contribution in [0.15, 0.2) is 24.9 Å². The molecule has 0 spiro atoms. The van der Waals surface area contributed by atoms with Crippen molar-refractivity contribution in [3.8, 4) is 0 Å². The maximum absolute atomic E-state index is 12.1. The molecule has 106 valence electrons. The Hall–Kier alpha value is -2.22. The van der Waals surface area contributed by atoms with Gasteiger partial charge < -0.3 is 4.90 Å². The Kier molecular flexibility index (Phi) is 3.73. The fraction of sp³-hybridized carbons (Fsp3) is 0.500. The monoisotopic (exact) mass is 275 g/mol. The van der Waals surface area contributed by atoms with Gasteiger partial charge in [0.1, 0.15) is 18.3 Å². The number of carbonyl (C=O) groups is 1. The second-order valence-electron chi connectivity index (χ2n) is 4.76. The number of nitrogens with one attached hydrogen (secondary N) is 1. The summed E-state index contributed by atoms with van der Waals surface area (Å²) in [5.74, 6) is 0.0263. The molecule has 1 amide bonds. The topological polar surface area (TPSA) is 82.9 Å². The van der Waals surface area contributed by atoms with E-state index < -0.39 is 0 Å². The summed E-state index contributed by atoms with van der Waals surface area (Å²) < 4.78 is 1.82. The van der Waals surface area contributed by atoms with Crippen molar-refractivity contribution in [2.75, 3.05) is 32.7 Å². The van der Waals surface area contributed by atoms with Gasteiger partial charge >= 0.3 is 0 Å². The van der Waals surface area contributed by atoms with Crippen molar-refractivity contribution in [1.29, 1.82) is 0 Å². The number of amides is 1. The molecule has 1 saturated heterocycles. The first-order valence-electron chi connectivity index (χ1n) is 6.66. The van der Waals surface area contributed by atoms with Crippen LogP contribution in [0.3, 0.4) is 0 Å². The summed E-state index contributed by atoms with van der Waals surface area (Å²) in [6, 6.07) is 1.71. The Labute approximate surface area is 116 Å². The second kappa shape index (κ2) is 5.83. The Morgan fingerprint density at radius 1 is 1.25 bits per heavy atom. The van der Waals surface area contributed by atoms with E-state index in [9.17, 15) is 4.79 Å². The highest BCUT2D eigenvalue weighted by Gasteiger charge is 2.22. The third-order valence-corrected chi connectivity index (χ3v) is 3.50. The van der Waals surface area contributed by atoms with Crippen LogP contribution in [0.1, 0.15) is 10.5 Å². The third kappa shape index (κ3) is 2.85. The predicted molar refractivity (Wildman–Crippen MR) is 71.0 cm³/mol. The third-order valence-electron chi connectivity index (χ3n) is 3.50. The number of hydrogen-bond acceptors (Lipinski definition) is 5. The molecular weight excluding hydrogens is 258 g/mol. The number of H-pyrrole nitrogens is 1. The van der Waals surface area contributed by atoms with Gasteiger partial charge in [-0.05, 0) is 6.07 Å². The zero-order valence-corrected chi connectivity index (χ0v) is 11.1. The van der Waals surface area contributed by atoms with E-state index in [2.05, 4.69) is 25.2 Å². The van der Waals surface area contributed by atoms with E-state index >= 15 is 0 Å². The fourth-order valence-electron chi connectivity index (χ4n) is 2.31. The van der Waals surface area contributed by atoms with Crippen LogP contribution in [0.5, 0.6) is 0 Å². The van der Waals surface area contributed by atoms with Gasteiger partial charge in [0.2, 0.25) is 0 Å². The lowest BCUT2D eigenvalue weighted by molar-refractivity contribution is 0.0626. The maximum atomic E-state index is 12.1. The summed E-state index contributed by atoms with van der Waals surface area (Å²) in [4.78, 5) is 20.2. The molecule has 0 unspecified atom stereocenters. The lowest BCUT2D eigenvalue weighted by Gasteiger charge is -2.34. The molecule has 2 aromatic rings. The Morgan fingerprint density at radius 2 is 2.10 bits per heavy atom. The zero-order chi connectivity index (χ0) is 13.8. The molecular formula is C12H17N7O. The summed E-state index contributed by atoms with van der Waals surface area (Å²) in [5, 5.41) is 10.6. The van der Waals surface area contributed by atoms with Gasteiger partial charge in [0.25, 0.3) is 5.91 Å². The van der Waals surface area contributed by atoms with Gasteiger partial charge in [-0.1, -0.05) is 0 Å². The average molecular weight is 275 g/mol. The number of hydrogen-bond donors (Lipinski definition) is 1. The Balaban J connectivity index is 1.46. The molecule has 8 nitrogen and oxygen atoms in total. The van der Waals surface area contributed by atoms with Crippen LogP contribution < -0.4 is 0 Å². The molecule has 0 atom stereocenters. The van der Waals surface area contributed by atoms with E-state index in [1.807, 2.05) is 9.58 Å². The minimum absolute atomic E-state index is 0.0263. The number of aromatic amines is 1. The summed E-state index contributed by atoms with van der Waals surface area (Å²) in [7, 11) is 0. The molecule has 3 rings (SSSR count). The summed E-state index contributed by atoms with van der Waals surface area (Å²) in [6.07, 6.45) is 4.86. The molecule has 2 aromatic heterocycles. The van der Waals surface area contributed by atoms with Crippen molar-refractivity contribution in [2.24, 2.45) is 0 Å². The fourth-order valence-corrected chi connectivity index (χ4v) is 2.31. The van der Waals surface area contributed by atoms with Crippen molar-refractivity contribution in [3.05, 3.63) is 30.6 Å². The van der Waals surface area contributed by atoms with E-state index in [1.54, 1.807) is 24.9 Å². The first kappa shape index (κ1) is 12.8. The molecule has 1 aliphatic heterocycles. The molecule has 20 heavy (non-hydrogen) atoms. The summed E-state index contributed by atoms with van der Waals surface area (Å²) in [6.45, 7) is 5.01. The molecule has 8 heteroatoms. The summed E-state index contributed by atoms with van der Waals surface area (Å²) in [5.41, 5.74) is 0.557. The van der Waals surface area contributed by atoms with Gasteiger partial charge in [0, 0.05) is 38.9 Å². The van der Waals surface area contributed by atoms with Crippen LogP contribution in [-0.4, -0.2) is 73.4 Å². The SMILES string of the molecule is O=C(c1ccn[nH]1)N1CCN(CCn2cncn2)CC1. The molecule has 1 aliphatic rings. The number of piperazine rings is 1.